The molecule has 2 aromatic rings. The molecule has 0 saturated carbocycles. The van der Waals surface area contributed by atoms with Crippen molar-refractivity contribution in [2.75, 3.05) is 39.8 Å². The summed E-state index contributed by atoms with van der Waals surface area (Å²) in [6.45, 7) is 3.46. The fraction of sp³-hybridized carbons (Fsp3) is 0.381. The van der Waals surface area contributed by atoms with E-state index in [1.807, 2.05) is 24.3 Å². The van der Waals surface area contributed by atoms with Gasteiger partial charge in [0.1, 0.15) is 5.75 Å². The summed E-state index contributed by atoms with van der Waals surface area (Å²) < 4.78 is 43.3. The fourth-order valence-corrected chi connectivity index (χ4v) is 3.35. The predicted molar refractivity (Wildman–Crippen MR) is 100 cm³/mol. The number of hydrogen-bond acceptors (Lipinski definition) is 3. The Morgan fingerprint density at radius 1 is 1.00 bits per heavy atom. The van der Waals surface area contributed by atoms with Crippen molar-refractivity contribution in [2.45, 2.75) is 12.6 Å². The summed E-state index contributed by atoms with van der Waals surface area (Å²) in [5.41, 5.74) is 0.689. The van der Waals surface area contributed by atoms with Crippen LogP contribution in [0.5, 0.6) is 5.75 Å². The van der Waals surface area contributed by atoms with Crippen LogP contribution < -0.4 is 4.74 Å². The Morgan fingerprint density at radius 2 is 1.64 bits per heavy atom. The highest BCUT2D eigenvalue weighted by Crippen LogP contribution is 2.29. The van der Waals surface area contributed by atoms with Gasteiger partial charge in [-0.2, -0.15) is 13.2 Å². The third kappa shape index (κ3) is 4.84. The number of para-hydroxylation sites is 1. The molecule has 3 rings (SSSR count). The molecule has 0 bridgehead atoms. The van der Waals surface area contributed by atoms with Crippen molar-refractivity contribution in [2.24, 2.45) is 0 Å². The van der Waals surface area contributed by atoms with Crippen molar-refractivity contribution in [3.8, 4) is 5.75 Å². The fourth-order valence-electron chi connectivity index (χ4n) is 3.35. The zero-order chi connectivity index (χ0) is 20.1. The monoisotopic (exact) mass is 392 g/mol. The number of nitrogens with zero attached hydrogens (tertiary/aromatic N) is 2. The summed E-state index contributed by atoms with van der Waals surface area (Å²) in [5.74, 6) is 0.650. The summed E-state index contributed by atoms with van der Waals surface area (Å²) in [7, 11) is 1.66. The average molecular weight is 392 g/mol. The van der Waals surface area contributed by atoms with E-state index >= 15 is 0 Å². The van der Waals surface area contributed by atoms with Crippen LogP contribution in [-0.4, -0.2) is 55.5 Å². The lowest BCUT2D eigenvalue weighted by molar-refractivity contribution is -0.137. The van der Waals surface area contributed by atoms with Crippen LogP contribution >= 0.6 is 0 Å². The van der Waals surface area contributed by atoms with E-state index in [-0.39, 0.29) is 11.5 Å². The molecular formula is C21H23F3N2O2. The maximum atomic E-state index is 12.7. The number of hydrogen-bond donors (Lipinski definition) is 0. The number of alkyl halides is 3. The second-order valence-electron chi connectivity index (χ2n) is 6.77. The Hall–Kier alpha value is -2.54. The van der Waals surface area contributed by atoms with Crippen LogP contribution in [0.2, 0.25) is 0 Å². The Morgan fingerprint density at radius 3 is 2.25 bits per heavy atom. The van der Waals surface area contributed by atoms with Crippen LogP contribution in [0, 0.1) is 0 Å². The normalized spacial score (nSPS) is 15.5. The van der Waals surface area contributed by atoms with Gasteiger partial charge < -0.3 is 9.64 Å². The summed E-state index contributed by atoms with van der Waals surface area (Å²) in [5, 5.41) is 0. The molecule has 0 unspecified atom stereocenters. The Bertz CT molecular complexity index is 798. The van der Waals surface area contributed by atoms with E-state index in [0.29, 0.717) is 13.1 Å². The Labute approximate surface area is 162 Å². The van der Waals surface area contributed by atoms with Crippen molar-refractivity contribution in [3.05, 3.63) is 65.2 Å². The Kier molecular flexibility index (Phi) is 6.24. The number of benzene rings is 2. The zero-order valence-corrected chi connectivity index (χ0v) is 15.7. The first-order chi connectivity index (χ1) is 13.4. The molecule has 1 heterocycles. The lowest BCUT2D eigenvalue weighted by Gasteiger charge is -2.35. The van der Waals surface area contributed by atoms with E-state index in [4.69, 9.17) is 4.74 Å². The number of methoxy groups -OCH3 is 1. The number of rotatable bonds is 5. The molecule has 1 aliphatic rings. The maximum absolute atomic E-state index is 12.7. The SMILES string of the molecule is COc1ccccc1CCN1CCN(C(=O)c2ccc(C(F)(F)F)cc2)CC1. The van der Waals surface area contributed by atoms with Crippen molar-refractivity contribution in [3.63, 3.8) is 0 Å². The van der Waals surface area contributed by atoms with Crippen molar-refractivity contribution in [1.82, 2.24) is 9.80 Å². The van der Waals surface area contributed by atoms with Gasteiger partial charge in [0, 0.05) is 38.3 Å². The van der Waals surface area contributed by atoms with Gasteiger partial charge in [0.15, 0.2) is 0 Å². The van der Waals surface area contributed by atoms with Crippen LogP contribution in [-0.2, 0) is 12.6 Å². The van der Waals surface area contributed by atoms with Gasteiger partial charge in [0.25, 0.3) is 5.91 Å². The minimum Gasteiger partial charge on any atom is -0.496 e. The molecule has 0 atom stereocenters. The van der Waals surface area contributed by atoms with Gasteiger partial charge in [0.2, 0.25) is 0 Å². The third-order valence-corrected chi connectivity index (χ3v) is 5.01. The van der Waals surface area contributed by atoms with Gasteiger partial charge >= 0.3 is 6.18 Å². The molecule has 0 spiro atoms. The predicted octanol–water partition coefficient (Wildman–Crippen LogP) is 3.71. The number of ether oxygens (including phenoxy) is 1. The molecule has 4 nitrogen and oxygen atoms in total. The summed E-state index contributed by atoms with van der Waals surface area (Å²) in [4.78, 5) is 16.5. The standard InChI is InChI=1S/C21H23F3N2O2/c1-28-19-5-3-2-4-16(19)10-11-25-12-14-26(15-13-25)20(27)17-6-8-18(9-7-17)21(22,23)24/h2-9H,10-15H2,1H3. The number of carbonyl (C=O) groups is 1. The quantitative estimate of drug-likeness (QED) is 0.778. The summed E-state index contributed by atoms with van der Waals surface area (Å²) in [6, 6.07) is 12.3. The molecule has 28 heavy (non-hydrogen) atoms. The van der Waals surface area contributed by atoms with Crippen LogP contribution in [0.25, 0.3) is 0 Å². The topological polar surface area (TPSA) is 32.8 Å². The largest absolute Gasteiger partial charge is 0.496 e. The summed E-state index contributed by atoms with van der Waals surface area (Å²) in [6.07, 6.45) is -3.54. The number of carbonyl (C=O) groups excluding carboxylic acids is 1. The third-order valence-electron chi connectivity index (χ3n) is 5.01. The van der Waals surface area contributed by atoms with Gasteiger partial charge in [-0.1, -0.05) is 18.2 Å². The molecule has 0 N–H and O–H groups in total. The molecular weight excluding hydrogens is 369 g/mol. The van der Waals surface area contributed by atoms with E-state index in [9.17, 15) is 18.0 Å². The molecule has 150 valence electrons. The molecule has 1 fully saturated rings. The molecule has 0 radical (unpaired) electrons. The smallest absolute Gasteiger partial charge is 0.416 e. The Balaban J connectivity index is 1.51. The van der Waals surface area contributed by atoms with Gasteiger partial charge in [0.05, 0.1) is 12.7 Å². The van der Waals surface area contributed by atoms with Gasteiger partial charge in [-0.05, 0) is 42.3 Å². The van der Waals surface area contributed by atoms with E-state index in [0.717, 1.165) is 49.5 Å². The van der Waals surface area contributed by atoms with Crippen LogP contribution in [0.3, 0.4) is 0 Å². The number of amides is 1. The molecule has 0 aromatic heterocycles. The molecule has 7 heteroatoms. The zero-order valence-electron chi connectivity index (χ0n) is 15.7. The van der Waals surface area contributed by atoms with Crippen molar-refractivity contribution >= 4 is 5.91 Å². The minimum atomic E-state index is -4.39. The first kappa shape index (κ1) is 20.2. The van der Waals surface area contributed by atoms with E-state index in [1.54, 1.807) is 12.0 Å². The molecule has 1 aliphatic heterocycles. The first-order valence-corrected chi connectivity index (χ1v) is 9.19. The van der Waals surface area contributed by atoms with E-state index < -0.39 is 11.7 Å². The van der Waals surface area contributed by atoms with Crippen LogP contribution in [0.4, 0.5) is 13.2 Å². The molecule has 0 aliphatic carbocycles. The average Bonchev–Trinajstić information content (AvgIpc) is 2.72. The maximum Gasteiger partial charge on any atom is 0.416 e. The number of halogens is 3. The second-order valence-corrected chi connectivity index (χ2v) is 6.77. The molecule has 1 amide bonds. The van der Waals surface area contributed by atoms with Gasteiger partial charge in [-0.15, -0.1) is 0 Å². The minimum absolute atomic E-state index is 0.224. The first-order valence-electron chi connectivity index (χ1n) is 9.19. The molecule has 2 aromatic carbocycles. The van der Waals surface area contributed by atoms with Crippen molar-refractivity contribution in [1.29, 1.82) is 0 Å². The van der Waals surface area contributed by atoms with Crippen LogP contribution in [0.15, 0.2) is 48.5 Å². The van der Waals surface area contributed by atoms with Gasteiger partial charge in [-0.3, -0.25) is 9.69 Å². The lowest BCUT2D eigenvalue weighted by atomic mass is 10.1. The lowest BCUT2D eigenvalue weighted by Crippen LogP contribution is -2.49. The van der Waals surface area contributed by atoms with Crippen molar-refractivity contribution < 1.29 is 22.7 Å². The molecule has 1 saturated heterocycles. The van der Waals surface area contributed by atoms with E-state index in [1.165, 1.54) is 12.1 Å². The van der Waals surface area contributed by atoms with E-state index in [2.05, 4.69) is 4.90 Å². The number of piperazine rings is 1. The highest BCUT2D eigenvalue weighted by molar-refractivity contribution is 5.94. The highest BCUT2D eigenvalue weighted by Gasteiger charge is 2.30. The van der Waals surface area contributed by atoms with Crippen LogP contribution in [0.1, 0.15) is 21.5 Å². The highest BCUT2D eigenvalue weighted by atomic mass is 19.4. The van der Waals surface area contributed by atoms with Gasteiger partial charge in [-0.25, -0.2) is 0 Å². The second kappa shape index (κ2) is 8.65. The summed E-state index contributed by atoms with van der Waals surface area (Å²) >= 11 is 0.